The Morgan fingerprint density at radius 2 is 1.77 bits per heavy atom. The number of hydrogen-bond donors (Lipinski definition) is 1. The monoisotopic (exact) mass is 374 g/mol. The number of benzene rings is 2. The molecule has 0 aromatic heterocycles. The minimum atomic E-state index is -3.78. The van der Waals surface area contributed by atoms with Gasteiger partial charge in [0.2, 0.25) is 5.91 Å². The van der Waals surface area contributed by atoms with Crippen molar-refractivity contribution in [2.24, 2.45) is 0 Å². The van der Waals surface area contributed by atoms with E-state index in [2.05, 4.69) is 4.72 Å². The summed E-state index contributed by atoms with van der Waals surface area (Å²) in [7, 11) is -2.28. The standard InChI is InChI=1S/C19H22N2O4S/c1-13-9-14(2)11-15(10-13)20-26(23,24)16-6-7-18(25-3)17(12-16)21-8-4-5-19(21)22/h6-7,9-12,20H,4-5,8H2,1-3H3. The Hall–Kier alpha value is -2.54. The molecule has 2 aromatic rings. The van der Waals surface area contributed by atoms with Crippen LogP contribution in [0.3, 0.4) is 0 Å². The average molecular weight is 374 g/mol. The van der Waals surface area contributed by atoms with E-state index >= 15 is 0 Å². The van der Waals surface area contributed by atoms with Gasteiger partial charge >= 0.3 is 0 Å². The highest BCUT2D eigenvalue weighted by Crippen LogP contribution is 2.34. The number of carbonyl (C=O) groups is 1. The van der Waals surface area contributed by atoms with Crippen LogP contribution in [0.4, 0.5) is 11.4 Å². The van der Waals surface area contributed by atoms with Gasteiger partial charge in [-0.05, 0) is 61.7 Å². The van der Waals surface area contributed by atoms with Crippen molar-refractivity contribution in [1.82, 2.24) is 0 Å². The first kappa shape index (κ1) is 18.3. The maximum Gasteiger partial charge on any atom is 0.261 e. The van der Waals surface area contributed by atoms with Gasteiger partial charge in [0.15, 0.2) is 0 Å². The fourth-order valence-electron chi connectivity index (χ4n) is 3.20. The second-order valence-corrected chi connectivity index (χ2v) is 8.15. The number of sulfonamides is 1. The number of hydrogen-bond acceptors (Lipinski definition) is 4. The number of anilines is 2. The van der Waals surface area contributed by atoms with E-state index in [9.17, 15) is 13.2 Å². The van der Waals surface area contributed by atoms with E-state index in [1.54, 1.807) is 23.1 Å². The first-order valence-corrected chi connectivity index (χ1v) is 9.88. The summed E-state index contributed by atoms with van der Waals surface area (Å²) in [4.78, 5) is 13.7. The van der Waals surface area contributed by atoms with Crippen molar-refractivity contribution >= 4 is 27.3 Å². The van der Waals surface area contributed by atoms with Crippen molar-refractivity contribution in [3.05, 3.63) is 47.5 Å². The van der Waals surface area contributed by atoms with Gasteiger partial charge in [-0.1, -0.05) is 6.07 Å². The molecule has 1 amide bonds. The maximum atomic E-state index is 12.8. The Bertz CT molecular complexity index is 934. The highest BCUT2D eigenvalue weighted by atomic mass is 32.2. The molecular formula is C19H22N2O4S. The predicted octanol–water partition coefficient (Wildman–Crippen LogP) is 3.24. The Morgan fingerprint density at radius 1 is 1.08 bits per heavy atom. The molecule has 3 rings (SSSR count). The summed E-state index contributed by atoms with van der Waals surface area (Å²) in [5.41, 5.74) is 2.94. The van der Waals surface area contributed by atoms with Gasteiger partial charge in [-0.2, -0.15) is 0 Å². The predicted molar refractivity (Wildman–Crippen MR) is 101 cm³/mol. The quantitative estimate of drug-likeness (QED) is 0.872. The molecule has 0 unspecified atom stereocenters. The molecule has 1 saturated heterocycles. The number of nitrogens with zero attached hydrogens (tertiary/aromatic N) is 1. The zero-order chi connectivity index (χ0) is 18.9. The number of rotatable bonds is 5. The third kappa shape index (κ3) is 3.67. The van der Waals surface area contributed by atoms with Crippen molar-refractivity contribution in [1.29, 1.82) is 0 Å². The Balaban J connectivity index is 1.98. The van der Waals surface area contributed by atoms with Crippen molar-refractivity contribution in [3.63, 3.8) is 0 Å². The highest BCUT2D eigenvalue weighted by Gasteiger charge is 2.26. The molecule has 1 aliphatic heterocycles. The molecule has 1 heterocycles. The van der Waals surface area contributed by atoms with Crippen LogP contribution >= 0.6 is 0 Å². The molecule has 1 aliphatic rings. The number of carbonyl (C=O) groups excluding carboxylic acids is 1. The van der Waals surface area contributed by atoms with Gasteiger partial charge in [-0.25, -0.2) is 8.42 Å². The first-order valence-electron chi connectivity index (χ1n) is 8.40. The van der Waals surface area contributed by atoms with E-state index < -0.39 is 10.0 Å². The van der Waals surface area contributed by atoms with E-state index in [0.29, 0.717) is 30.1 Å². The molecule has 0 radical (unpaired) electrons. The summed E-state index contributed by atoms with van der Waals surface area (Å²) < 4.78 is 33.6. The molecular weight excluding hydrogens is 352 g/mol. The molecule has 0 spiro atoms. The second kappa shape index (κ2) is 6.99. The fraction of sp³-hybridized carbons (Fsp3) is 0.316. The smallest absolute Gasteiger partial charge is 0.261 e. The van der Waals surface area contributed by atoms with Crippen LogP contribution in [-0.2, 0) is 14.8 Å². The SMILES string of the molecule is COc1ccc(S(=O)(=O)Nc2cc(C)cc(C)c2)cc1N1CCCC1=O. The molecule has 0 saturated carbocycles. The molecule has 1 N–H and O–H groups in total. The molecule has 0 atom stereocenters. The number of ether oxygens (including phenoxy) is 1. The van der Waals surface area contributed by atoms with Crippen molar-refractivity contribution < 1.29 is 17.9 Å². The van der Waals surface area contributed by atoms with Crippen LogP contribution in [0.1, 0.15) is 24.0 Å². The third-order valence-corrected chi connectivity index (χ3v) is 5.68. The lowest BCUT2D eigenvalue weighted by molar-refractivity contribution is -0.117. The molecule has 6 nitrogen and oxygen atoms in total. The van der Waals surface area contributed by atoms with Gasteiger partial charge < -0.3 is 9.64 Å². The van der Waals surface area contributed by atoms with Crippen LogP contribution in [0.15, 0.2) is 41.3 Å². The highest BCUT2D eigenvalue weighted by molar-refractivity contribution is 7.92. The number of methoxy groups -OCH3 is 1. The molecule has 26 heavy (non-hydrogen) atoms. The van der Waals surface area contributed by atoms with Crippen LogP contribution in [0.25, 0.3) is 0 Å². The minimum Gasteiger partial charge on any atom is -0.495 e. The van der Waals surface area contributed by atoms with Crippen molar-refractivity contribution in [2.75, 3.05) is 23.3 Å². The van der Waals surface area contributed by atoms with E-state index in [1.165, 1.54) is 19.2 Å². The van der Waals surface area contributed by atoms with Gasteiger partial charge in [0, 0.05) is 18.7 Å². The van der Waals surface area contributed by atoms with E-state index in [-0.39, 0.29) is 10.8 Å². The van der Waals surface area contributed by atoms with Crippen molar-refractivity contribution in [3.8, 4) is 5.75 Å². The van der Waals surface area contributed by atoms with Gasteiger partial charge in [0.05, 0.1) is 17.7 Å². The number of aryl methyl sites for hydroxylation is 2. The Morgan fingerprint density at radius 3 is 2.35 bits per heavy atom. The van der Waals surface area contributed by atoms with Gasteiger partial charge in [0.1, 0.15) is 5.75 Å². The maximum absolute atomic E-state index is 12.8. The van der Waals surface area contributed by atoms with Crippen LogP contribution < -0.4 is 14.4 Å². The van der Waals surface area contributed by atoms with Crippen LogP contribution in [-0.4, -0.2) is 28.0 Å². The topological polar surface area (TPSA) is 75.7 Å². The van der Waals surface area contributed by atoms with Gasteiger partial charge in [0.25, 0.3) is 10.0 Å². The molecule has 7 heteroatoms. The van der Waals surface area contributed by atoms with Crippen LogP contribution in [0, 0.1) is 13.8 Å². The number of nitrogens with one attached hydrogen (secondary N) is 1. The summed E-state index contributed by atoms with van der Waals surface area (Å²) >= 11 is 0. The summed E-state index contributed by atoms with van der Waals surface area (Å²) in [5, 5.41) is 0. The lowest BCUT2D eigenvalue weighted by atomic mass is 10.1. The summed E-state index contributed by atoms with van der Waals surface area (Å²) in [6.07, 6.45) is 1.21. The van der Waals surface area contributed by atoms with E-state index in [4.69, 9.17) is 4.74 Å². The summed E-state index contributed by atoms with van der Waals surface area (Å²) in [6.45, 7) is 4.38. The fourth-order valence-corrected chi connectivity index (χ4v) is 4.26. The van der Waals surface area contributed by atoms with Gasteiger partial charge in [-0.15, -0.1) is 0 Å². The normalized spacial score (nSPS) is 14.6. The molecule has 0 aliphatic carbocycles. The molecule has 2 aromatic carbocycles. The second-order valence-electron chi connectivity index (χ2n) is 6.46. The van der Waals surface area contributed by atoms with Gasteiger partial charge in [-0.3, -0.25) is 9.52 Å². The van der Waals surface area contributed by atoms with E-state index in [0.717, 1.165) is 17.5 Å². The van der Waals surface area contributed by atoms with Crippen LogP contribution in [0.2, 0.25) is 0 Å². The summed E-state index contributed by atoms with van der Waals surface area (Å²) in [5.74, 6) is 0.450. The zero-order valence-corrected chi connectivity index (χ0v) is 15.9. The average Bonchev–Trinajstić information content (AvgIpc) is 2.98. The lowest BCUT2D eigenvalue weighted by Gasteiger charge is -2.20. The lowest BCUT2D eigenvalue weighted by Crippen LogP contribution is -2.25. The van der Waals surface area contributed by atoms with Crippen LogP contribution in [0.5, 0.6) is 5.75 Å². The molecule has 138 valence electrons. The molecule has 1 fully saturated rings. The summed E-state index contributed by atoms with van der Waals surface area (Å²) in [6, 6.07) is 10.1. The third-order valence-electron chi connectivity index (χ3n) is 4.30. The Kier molecular flexibility index (Phi) is 4.91. The first-order chi connectivity index (χ1) is 12.3. The van der Waals surface area contributed by atoms with E-state index in [1.807, 2.05) is 19.9 Å². The zero-order valence-electron chi connectivity index (χ0n) is 15.1. The molecule has 0 bridgehead atoms. The number of amides is 1. The minimum absolute atomic E-state index is 0.0277. The van der Waals surface area contributed by atoms with Crippen molar-refractivity contribution in [2.45, 2.75) is 31.6 Å². The Labute approximate surface area is 153 Å². The largest absolute Gasteiger partial charge is 0.495 e.